The van der Waals surface area contributed by atoms with Crippen LogP contribution < -0.4 is 10.5 Å². The molecule has 1 aromatic heterocycles. The Balaban J connectivity index is 2.24. The van der Waals surface area contributed by atoms with Gasteiger partial charge in [-0.15, -0.1) is 5.10 Å². The first-order valence-corrected chi connectivity index (χ1v) is 6.49. The molecule has 0 atom stereocenters. The molecule has 0 amide bonds. The van der Waals surface area contributed by atoms with Gasteiger partial charge >= 0.3 is 0 Å². The highest BCUT2D eigenvalue weighted by atomic mass is 19.1. The van der Waals surface area contributed by atoms with Crippen molar-refractivity contribution in [3.05, 3.63) is 41.2 Å². The molecule has 0 fully saturated rings. The van der Waals surface area contributed by atoms with Crippen molar-refractivity contribution in [3.63, 3.8) is 0 Å². The van der Waals surface area contributed by atoms with E-state index in [1.807, 2.05) is 26.8 Å². The zero-order chi connectivity index (χ0) is 15.6. The standard InChI is InChI=1S/C15H17FN4O/c1-15(2,3)20-13(18)12(8-17)14(19-20)21-9-10-4-6-11(16)7-5-10/h4-7H,9,18H2,1-3H3. The second-order valence-corrected chi connectivity index (χ2v) is 5.67. The van der Waals surface area contributed by atoms with Crippen molar-refractivity contribution < 1.29 is 9.13 Å². The summed E-state index contributed by atoms with van der Waals surface area (Å²) < 4.78 is 20.0. The third-order valence-electron chi connectivity index (χ3n) is 2.93. The fourth-order valence-corrected chi connectivity index (χ4v) is 1.86. The summed E-state index contributed by atoms with van der Waals surface area (Å²) in [5, 5.41) is 13.5. The molecule has 0 radical (unpaired) electrons. The van der Waals surface area contributed by atoms with Crippen LogP contribution in [0.5, 0.6) is 5.88 Å². The number of ether oxygens (including phenoxy) is 1. The third kappa shape index (κ3) is 3.14. The van der Waals surface area contributed by atoms with E-state index in [1.54, 1.807) is 16.8 Å². The van der Waals surface area contributed by atoms with Crippen LogP contribution in [0.4, 0.5) is 10.2 Å². The molecule has 2 rings (SSSR count). The summed E-state index contributed by atoms with van der Waals surface area (Å²) in [4.78, 5) is 0. The van der Waals surface area contributed by atoms with Crippen molar-refractivity contribution in [3.8, 4) is 11.9 Å². The summed E-state index contributed by atoms with van der Waals surface area (Å²) in [6.07, 6.45) is 0. The van der Waals surface area contributed by atoms with Crippen molar-refractivity contribution in [2.75, 3.05) is 5.73 Å². The highest BCUT2D eigenvalue weighted by Gasteiger charge is 2.24. The Labute approximate surface area is 122 Å². The summed E-state index contributed by atoms with van der Waals surface area (Å²) in [6, 6.07) is 7.95. The number of nitrogen functional groups attached to an aromatic ring is 1. The predicted molar refractivity (Wildman–Crippen MR) is 77.1 cm³/mol. The number of benzene rings is 1. The van der Waals surface area contributed by atoms with Crippen LogP contribution in [0.1, 0.15) is 31.9 Å². The quantitative estimate of drug-likeness (QED) is 0.942. The third-order valence-corrected chi connectivity index (χ3v) is 2.93. The molecule has 0 unspecified atom stereocenters. The molecule has 1 heterocycles. The predicted octanol–water partition coefficient (Wildman–Crippen LogP) is 2.81. The number of halogens is 1. The van der Waals surface area contributed by atoms with Crippen LogP contribution in [-0.4, -0.2) is 9.78 Å². The minimum atomic E-state index is -0.354. The maximum absolute atomic E-state index is 12.8. The molecule has 0 saturated heterocycles. The lowest BCUT2D eigenvalue weighted by molar-refractivity contribution is 0.276. The van der Waals surface area contributed by atoms with E-state index in [-0.39, 0.29) is 35.2 Å². The van der Waals surface area contributed by atoms with E-state index in [4.69, 9.17) is 10.5 Å². The van der Waals surface area contributed by atoms with E-state index in [0.717, 1.165) is 5.56 Å². The van der Waals surface area contributed by atoms with Gasteiger partial charge in [0.25, 0.3) is 5.88 Å². The minimum absolute atomic E-state index is 0.189. The molecule has 0 aliphatic rings. The number of anilines is 1. The average Bonchev–Trinajstić information content (AvgIpc) is 2.74. The fourth-order valence-electron chi connectivity index (χ4n) is 1.86. The van der Waals surface area contributed by atoms with Crippen LogP contribution in [0.25, 0.3) is 0 Å². The fraction of sp³-hybridized carbons (Fsp3) is 0.333. The van der Waals surface area contributed by atoms with Crippen LogP contribution in [-0.2, 0) is 12.1 Å². The Hall–Kier alpha value is -2.55. The second kappa shape index (κ2) is 5.44. The van der Waals surface area contributed by atoms with Crippen LogP contribution in [0.2, 0.25) is 0 Å². The highest BCUT2D eigenvalue weighted by Crippen LogP contribution is 2.28. The normalized spacial score (nSPS) is 11.2. The molecular weight excluding hydrogens is 271 g/mol. The van der Waals surface area contributed by atoms with Crippen LogP contribution in [0, 0.1) is 17.1 Å². The smallest absolute Gasteiger partial charge is 0.253 e. The first-order chi connectivity index (χ1) is 9.82. The Morgan fingerprint density at radius 3 is 2.48 bits per heavy atom. The summed E-state index contributed by atoms with van der Waals surface area (Å²) in [7, 11) is 0. The van der Waals surface area contributed by atoms with Gasteiger partial charge in [-0.2, -0.15) is 5.26 Å². The summed E-state index contributed by atoms with van der Waals surface area (Å²) >= 11 is 0. The number of rotatable bonds is 3. The van der Waals surface area contributed by atoms with Crippen molar-refractivity contribution in [2.24, 2.45) is 0 Å². The molecule has 21 heavy (non-hydrogen) atoms. The van der Waals surface area contributed by atoms with Gasteiger partial charge in [0.05, 0.1) is 5.54 Å². The maximum Gasteiger partial charge on any atom is 0.253 e. The van der Waals surface area contributed by atoms with Crippen molar-refractivity contribution >= 4 is 5.82 Å². The van der Waals surface area contributed by atoms with Gasteiger partial charge in [0.1, 0.15) is 24.3 Å². The van der Waals surface area contributed by atoms with E-state index >= 15 is 0 Å². The van der Waals surface area contributed by atoms with Crippen LogP contribution >= 0.6 is 0 Å². The summed E-state index contributed by atoms with van der Waals surface area (Å²) in [5.41, 5.74) is 6.58. The van der Waals surface area contributed by atoms with Crippen molar-refractivity contribution in [1.29, 1.82) is 5.26 Å². The molecular formula is C15H17FN4O. The molecule has 5 nitrogen and oxygen atoms in total. The molecule has 2 aromatic rings. The molecule has 1 aromatic carbocycles. The molecule has 110 valence electrons. The zero-order valence-corrected chi connectivity index (χ0v) is 12.2. The largest absolute Gasteiger partial charge is 0.471 e. The Bertz CT molecular complexity index is 677. The molecule has 0 aliphatic heterocycles. The summed E-state index contributed by atoms with van der Waals surface area (Å²) in [6.45, 7) is 5.99. The molecule has 0 aliphatic carbocycles. The first kappa shape index (κ1) is 14.9. The van der Waals surface area contributed by atoms with E-state index in [9.17, 15) is 9.65 Å². The van der Waals surface area contributed by atoms with Crippen molar-refractivity contribution in [2.45, 2.75) is 32.9 Å². The topological polar surface area (TPSA) is 76.9 Å². The van der Waals surface area contributed by atoms with E-state index < -0.39 is 0 Å². The van der Waals surface area contributed by atoms with Gasteiger partial charge in [-0.05, 0) is 38.5 Å². The molecule has 0 bridgehead atoms. The minimum Gasteiger partial charge on any atom is -0.471 e. The number of nitriles is 1. The number of hydrogen-bond acceptors (Lipinski definition) is 4. The lowest BCUT2D eigenvalue weighted by Crippen LogP contribution is -2.24. The van der Waals surface area contributed by atoms with Gasteiger partial charge < -0.3 is 10.5 Å². The average molecular weight is 288 g/mol. The number of nitrogens with two attached hydrogens (primary N) is 1. The lowest BCUT2D eigenvalue weighted by atomic mass is 10.1. The van der Waals surface area contributed by atoms with Gasteiger partial charge in [-0.25, -0.2) is 9.07 Å². The van der Waals surface area contributed by atoms with Gasteiger partial charge in [0, 0.05) is 0 Å². The number of hydrogen-bond donors (Lipinski definition) is 1. The maximum atomic E-state index is 12.8. The summed E-state index contributed by atoms with van der Waals surface area (Å²) in [5.74, 6) is 0.158. The first-order valence-electron chi connectivity index (χ1n) is 6.49. The van der Waals surface area contributed by atoms with Gasteiger partial charge in [0.2, 0.25) is 0 Å². The molecule has 0 spiro atoms. The highest BCUT2D eigenvalue weighted by molar-refractivity contribution is 5.55. The Morgan fingerprint density at radius 1 is 1.33 bits per heavy atom. The van der Waals surface area contributed by atoms with Gasteiger partial charge in [0.15, 0.2) is 5.56 Å². The van der Waals surface area contributed by atoms with Gasteiger partial charge in [-0.3, -0.25) is 0 Å². The molecule has 0 saturated carbocycles. The second-order valence-electron chi connectivity index (χ2n) is 5.67. The van der Waals surface area contributed by atoms with Crippen molar-refractivity contribution in [1.82, 2.24) is 9.78 Å². The van der Waals surface area contributed by atoms with E-state index in [1.165, 1.54) is 12.1 Å². The molecule has 2 N–H and O–H groups in total. The van der Waals surface area contributed by atoms with Gasteiger partial charge in [-0.1, -0.05) is 12.1 Å². The van der Waals surface area contributed by atoms with Crippen LogP contribution in [0.15, 0.2) is 24.3 Å². The Kier molecular flexibility index (Phi) is 3.85. The van der Waals surface area contributed by atoms with E-state index in [0.29, 0.717) is 0 Å². The molecule has 6 heteroatoms. The zero-order valence-electron chi connectivity index (χ0n) is 12.2. The SMILES string of the molecule is CC(C)(C)n1nc(OCc2ccc(F)cc2)c(C#N)c1N. The lowest BCUT2D eigenvalue weighted by Gasteiger charge is -2.20. The monoisotopic (exact) mass is 288 g/mol. The number of aromatic nitrogens is 2. The number of nitrogens with zero attached hydrogens (tertiary/aromatic N) is 3. The Morgan fingerprint density at radius 2 is 1.95 bits per heavy atom. The van der Waals surface area contributed by atoms with Crippen LogP contribution in [0.3, 0.4) is 0 Å². The van der Waals surface area contributed by atoms with E-state index in [2.05, 4.69) is 5.10 Å².